The molecule has 0 bridgehead atoms. The van der Waals surface area contributed by atoms with Crippen LogP contribution in [0.5, 0.6) is 5.75 Å². The molecule has 0 aromatic heterocycles. The van der Waals surface area contributed by atoms with Gasteiger partial charge in [-0.15, -0.1) is 0 Å². The molecule has 0 fully saturated rings. The first-order valence-corrected chi connectivity index (χ1v) is 6.43. The average Bonchev–Trinajstić information content (AvgIpc) is 2.44. The predicted molar refractivity (Wildman–Crippen MR) is 73.8 cm³/mol. The van der Waals surface area contributed by atoms with Gasteiger partial charge in [-0.3, -0.25) is 10.1 Å². The summed E-state index contributed by atoms with van der Waals surface area (Å²) in [5.41, 5.74) is 1.68. The van der Waals surface area contributed by atoms with E-state index in [0.717, 1.165) is 17.7 Å². The van der Waals surface area contributed by atoms with Crippen LogP contribution in [0.1, 0.15) is 12.5 Å². The second-order valence-corrected chi connectivity index (χ2v) is 4.76. The van der Waals surface area contributed by atoms with Crippen molar-refractivity contribution in [1.82, 2.24) is 5.32 Å². The molecule has 1 aliphatic rings. The van der Waals surface area contributed by atoms with Crippen molar-refractivity contribution in [3.63, 3.8) is 0 Å². The van der Waals surface area contributed by atoms with Crippen LogP contribution in [0.15, 0.2) is 18.2 Å². The number of rotatable bonds is 3. The quantitative estimate of drug-likeness (QED) is 0.879. The van der Waals surface area contributed by atoms with Gasteiger partial charge in [0.25, 0.3) is 0 Å². The van der Waals surface area contributed by atoms with Crippen molar-refractivity contribution < 1.29 is 19.1 Å². The van der Waals surface area contributed by atoms with Gasteiger partial charge in [0.2, 0.25) is 5.91 Å². The summed E-state index contributed by atoms with van der Waals surface area (Å²) in [6.07, 6.45) is 0.295. The molecule has 20 heavy (non-hydrogen) atoms. The number of carbonyl (C=O) groups is 2. The second-order valence-electron chi connectivity index (χ2n) is 4.76. The van der Waals surface area contributed by atoms with E-state index in [9.17, 15) is 9.59 Å². The molecule has 1 atom stereocenters. The third-order valence-electron chi connectivity index (χ3n) is 3.12. The number of benzene rings is 1. The Morgan fingerprint density at radius 3 is 2.95 bits per heavy atom. The van der Waals surface area contributed by atoms with Crippen LogP contribution in [0.4, 0.5) is 10.5 Å². The van der Waals surface area contributed by atoms with Crippen LogP contribution in [0.25, 0.3) is 0 Å². The summed E-state index contributed by atoms with van der Waals surface area (Å²) in [7, 11) is 1.32. The van der Waals surface area contributed by atoms with Gasteiger partial charge in [-0.05, 0) is 30.2 Å². The first kappa shape index (κ1) is 14.2. The van der Waals surface area contributed by atoms with E-state index in [0.29, 0.717) is 18.8 Å². The normalized spacial score (nSPS) is 16.6. The summed E-state index contributed by atoms with van der Waals surface area (Å²) in [5.74, 6) is 1.01. The lowest BCUT2D eigenvalue weighted by molar-refractivity contribution is -0.119. The lowest BCUT2D eigenvalue weighted by atomic mass is 9.96. The van der Waals surface area contributed by atoms with Gasteiger partial charge in [-0.1, -0.05) is 0 Å². The van der Waals surface area contributed by atoms with Crippen LogP contribution < -0.4 is 15.4 Å². The summed E-state index contributed by atoms with van der Waals surface area (Å²) >= 11 is 0. The number of fused-ring (bicyclic) bond motifs is 1. The number of amides is 2. The lowest BCUT2D eigenvalue weighted by Crippen LogP contribution is -2.33. The number of anilines is 1. The molecule has 0 aliphatic carbocycles. The highest BCUT2D eigenvalue weighted by Crippen LogP contribution is 2.29. The maximum Gasteiger partial charge on any atom is 0.411 e. The fourth-order valence-electron chi connectivity index (χ4n) is 2.12. The van der Waals surface area contributed by atoms with Crippen molar-refractivity contribution >= 4 is 17.7 Å². The number of ether oxygens (including phenoxy) is 2. The number of nitrogens with one attached hydrogen (secondary N) is 2. The van der Waals surface area contributed by atoms with Crippen LogP contribution >= 0.6 is 0 Å². The Morgan fingerprint density at radius 2 is 2.25 bits per heavy atom. The Labute approximate surface area is 117 Å². The molecule has 0 saturated carbocycles. The molecule has 108 valence electrons. The highest BCUT2D eigenvalue weighted by atomic mass is 16.5. The predicted octanol–water partition coefficient (Wildman–Crippen LogP) is 1.55. The van der Waals surface area contributed by atoms with E-state index in [1.807, 2.05) is 12.1 Å². The molecular weight excluding hydrogens is 260 g/mol. The molecule has 1 heterocycles. The summed E-state index contributed by atoms with van der Waals surface area (Å²) in [6, 6.07) is 5.46. The molecular formula is C14H18N2O4. The molecule has 2 amide bonds. The Balaban J connectivity index is 2.03. The summed E-state index contributed by atoms with van der Waals surface area (Å²) in [5, 5.41) is 5.41. The van der Waals surface area contributed by atoms with E-state index < -0.39 is 6.09 Å². The number of hydrogen-bond acceptors (Lipinski definition) is 4. The molecule has 6 nitrogen and oxygen atoms in total. The zero-order chi connectivity index (χ0) is 14.5. The average molecular weight is 278 g/mol. The van der Waals surface area contributed by atoms with Crippen LogP contribution in [-0.2, 0) is 16.0 Å². The SMILES string of the molecule is COC(=O)Nc1ccc2c(c1)CC(CNC(C)=O)CO2. The first-order chi connectivity index (χ1) is 9.58. The van der Waals surface area contributed by atoms with E-state index in [2.05, 4.69) is 15.4 Å². The minimum Gasteiger partial charge on any atom is -0.493 e. The zero-order valence-electron chi connectivity index (χ0n) is 11.6. The van der Waals surface area contributed by atoms with Gasteiger partial charge in [-0.2, -0.15) is 0 Å². The third-order valence-corrected chi connectivity index (χ3v) is 3.12. The van der Waals surface area contributed by atoms with Crippen LogP contribution in [0, 0.1) is 5.92 Å². The largest absolute Gasteiger partial charge is 0.493 e. The van der Waals surface area contributed by atoms with Gasteiger partial charge < -0.3 is 14.8 Å². The highest BCUT2D eigenvalue weighted by molar-refractivity contribution is 5.84. The maximum atomic E-state index is 11.2. The summed E-state index contributed by atoms with van der Waals surface area (Å²) in [6.45, 7) is 2.66. The van der Waals surface area contributed by atoms with E-state index in [4.69, 9.17) is 4.74 Å². The van der Waals surface area contributed by atoms with Crippen molar-refractivity contribution in [2.45, 2.75) is 13.3 Å². The van der Waals surface area contributed by atoms with E-state index in [1.165, 1.54) is 14.0 Å². The van der Waals surface area contributed by atoms with Gasteiger partial charge in [0.1, 0.15) is 5.75 Å². The molecule has 1 unspecified atom stereocenters. The Bertz CT molecular complexity index is 516. The number of hydrogen-bond donors (Lipinski definition) is 2. The molecule has 0 saturated heterocycles. The van der Waals surface area contributed by atoms with Crippen molar-refractivity contribution in [2.75, 3.05) is 25.6 Å². The molecule has 2 N–H and O–H groups in total. The highest BCUT2D eigenvalue weighted by Gasteiger charge is 2.20. The van der Waals surface area contributed by atoms with Crippen LogP contribution in [-0.4, -0.2) is 32.3 Å². The van der Waals surface area contributed by atoms with E-state index >= 15 is 0 Å². The van der Waals surface area contributed by atoms with Gasteiger partial charge in [0, 0.05) is 25.1 Å². The molecule has 0 spiro atoms. The minimum atomic E-state index is -0.503. The van der Waals surface area contributed by atoms with Gasteiger partial charge >= 0.3 is 6.09 Å². The Hall–Kier alpha value is -2.24. The number of methoxy groups -OCH3 is 1. The minimum absolute atomic E-state index is 0.0445. The molecule has 2 rings (SSSR count). The smallest absolute Gasteiger partial charge is 0.411 e. The molecule has 1 aromatic carbocycles. The molecule has 6 heteroatoms. The second kappa shape index (κ2) is 6.27. The number of carbonyl (C=O) groups excluding carboxylic acids is 2. The Kier molecular flexibility index (Phi) is 4.45. The third kappa shape index (κ3) is 3.63. The maximum absolute atomic E-state index is 11.2. The van der Waals surface area contributed by atoms with Crippen molar-refractivity contribution in [3.8, 4) is 5.75 Å². The van der Waals surface area contributed by atoms with E-state index in [-0.39, 0.29) is 11.8 Å². The van der Waals surface area contributed by atoms with Gasteiger partial charge in [-0.25, -0.2) is 4.79 Å². The molecule has 1 aliphatic heterocycles. The van der Waals surface area contributed by atoms with Crippen LogP contribution in [0.3, 0.4) is 0 Å². The molecule has 0 radical (unpaired) electrons. The topological polar surface area (TPSA) is 76.7 Å². The molecule has 1 aromatic rings. The van der Waals surface area contributed by atoms with E-state index in [1.54, 1.807) is 6.07 Å². The Morgan fingerprint density at radius 1 is 1.45 bits per heavy atom. The van der Waals surface area contributed by atoms with Crippen molar-refractivity contribution in [3.05, 3.63) is 23.8 Å². The van der Waals surface area contributed by atoms with Gasteiger partial charge in [0.05, 0.1) is 13.7 Å². The van der Waals surface area contributed by atoms with Crippen LogP contribution in [0.2, 0.25) is 0 Å². The summed E-state index contributed by atoms with van der Waals surface area (Å²) < 4.78 is 10.2. The van der Waals surface area contributed by atoms with Gasteiger partial charge in [0.15, 0.2) is 0 Å². The first-order valence-electron chi connectivity index (χ1n) is 6.43. The summed E-state index contributed by atoms with van der Waals surface area (Å²) in [4.78, 5) is 22.1. The lowest BCUT2D eigenvalue weighted by Gasteiger charge is -2.25. The van der Waals surface area contributed by atoms with Crippen molar-refractivity contribution in [2.24, 2.45) is 5.92 Å². The zero-order valence-corrected chi connectivity index (χ0v) is 11.6. The monoisotopic (exact) mass is 278 g/mol. The van der Waals surface area contributed by atoms with Crippen molar-refractivity contribution in [1.29, 1.82) is 0 Å². The fourth-order valence-corrected chi connectivity index (χ4v) is 2.12. The fraction of sp³-hybridized carbons (Fsp3) is 0.429. The standard InChI is InChI=1S/C14H18N2O4/c1-9(17)15-7-10-5-11-6-12(16-14(18)19-2)3-4-13(11)20-8-10/h3-4,6,10H,5,7-8H2,1-2H3,(H,15,17)(H,16,18).